The molecule has 0 aliphatic heterocycles. The zero-order valence-electron chi connectivity index (χ0n) is 14.9. The average Bonchev–Trinajstić information content (AvgIpc) is 2.46. The van der Waals surface area contributed by atoms with E-state index in [-0.39, 0.29) is 23.7 Å². The van der Waals surface area contributed by atoms with E-state index in [4.69, 9.17) is 0 Å². The van der Waals surface area contributed by atoms with Crippen LogP contribution in [0.15, 0.2) is 23.3 Å². The normalized spacial score (nSPS) is 39.4. The maximum absolute atomic E-state index is 12.6. The zero-order chi connectivity index (χ0) is 17.0. The molecule has 0 bridgehead atoms. The summed E-state index contributed by atoms with van der Waals surface area (Å²) in [5, 5.41) is 21.7. The van der Waals surface area contributed by atoms with Crippen LogP contribution in [-0.4, -0.2) is 28.2 Å². The van der Waals surface area contributed by atoms with E-state index in [1.165, 1.54) is 0 Å². The highest BCUT2D eigenvalue weighted by atomic mass is 16.3. The summed E-state index contributed by atoms with van der Waals surface area (Å²) in [7, 11) is 0. The lowest BCUT2D eigenvalue weighted by Crippen LogP contribution is -2.57. The monoisotopic (exact) mass is 318 g/mol. The van der Waals surface area contributed by atoms with Crippen molar-refractivity contribution in [2.75, 3.05) is 6.61 Å². The van der Waals surface area contributed by atoms with Crippen LogP contribution in [0, 0.1) is 22.7 Å². The number of aliphatic hydroxyl groups excluding tert-OH is 1. The zero-order valence-corrected chi connectivity index (χ0v) is 14.9. The molecule has 0 aromatic carbocycles. The van der Waals surface area contributed by atoms with E-state index >= 15 is 0 Å². The van der Waals surface area contributed by atoms with Crippen molar-refractivity contribution in [1.82, 2.24) is 0 Å². The quantitative estimate of drug-likeness (QED) is 0.820. The van der Waals surface area contributed by atoms with Gasteiger partial charge in [-0.15, -0.1) is 0 Å². The van der Waals surface area contributed by atoms with Gasteiger partial charge in [-0.2, -0.15) is 0 Å². The number of ketones is 1. The standard InChI is InChI=1S/C20H30O3/c1-13(2)14-11-20(23)9-6-16-18(3,4)7-5-8-19(16,12-21)17(20)10-15(14)22/h10-11,13,16,21,23H,5-9,12H2,1-4H3/t16-,19+,20-/m0/s1. The Hall–Kier alpha value is -0.930. The molecule has 3 nitrogen and oxygen atoms in total. The first-order valence-corrected chi connectivity index (χ1v) is 8.99. The van der Waals surface area contributed by atoms with E-state index < -0.39 is 11.0 Å². The number of fused-ring (bicyclic) bond motifs is 3. The van der Waals surface area contributed by atoms with Gasteiger partial charge in [0.2, 0.25) is 0 Å². The summed E-state index contributed by atoms with van der Waals surface area (Å²) < 4.78 is 0. The summed E-state index contributed by atoms with van der Waals surface area (Å²) in [6.45, 7) is 8.54. The van der Waals surface area contributed by atoms with Crippen molar-refractivity contribution in [3.05, 3.63) is 23.3 Å². The topological polar surface area (TPSA) is 57.5 Å². The molecule has 128 valence electrons. The molecular formula is C20H30O3. The van der Waals surface area contributed by atoms with Gasteiger partial charge in [-0.25, -0.2) is 0 Å². The van der Waals surface area contributed by atoms with Crippen molar-refractivity contribution in [3.63, 3.8) is 0 Å². The highest BCUT2D eigenvalue weighted by Gasteiger charge is 2.59. The van der Waals surface area contributed by atoms with Crippen LogP contribution < -0.4 is 0 Å². The summed E-state index contributed by atoms with van der Waals surface area (Å²) in [6.07, 6.45) is 8.06. The lowest BCUT2D eigenvalue weighted by molar-refractivity contribution is -0.114. The number of aliphatic hydroxyl groups is 2. The molecule has 0 heterocycles. The fraction of sp³-hybridized carbons (Fsp3) is 0.750. The minimum absolute atomic E-state index is 0.0107. The lowest BCUT2D eigenvalue weighted by Gasteiger charge is -2.59. The van der Waals surface area contributed by atoms with Gasteiger partial charge >= 0.3 is 0 Å². The third-order valence-corrected chi connectivity index (χ3v) is 6.73. The number of rotatable bonds is 2. The molecule has 3 aliphatic rings. The van der Waals surface area contributed by atoms with Crippen molar-refractivity contribution in [2.24, 2.45) is 22.7 Å². The smallest absolute Gasteiger partial charge is 0.181 e. The molecule has 0 aromatic rings. The van der Waals surface area contributed by atoms with Crippen LogP contribution in [0.2, 0.25) is 0 Å². The first kappa shape index (κ1) is 16.9. The van der Waals surface area contributed by atoms with E-state index in [1.54, 1.807) is 12.2 Å². The second-order valence-electron chi connectivity index (χ2n) is 8.85. The van der Waals surface area contributed by atoms with Crippen LogP contribution in [0.5, 0.6) is 0 Å². The fourth-order valence-corrected chi connectivity index (χ4v) is 5.56. The molecule has 3 rings (SSSR count). The number of hydrogen-bond acceptors (Lipinski definition) is 3. The average molecular weight is 318 g/mol. The van der Waals surface area contributed by atoms with Crippen LogP contribution >= 0.6 is 0 Å². The highest BCUT2D eigenvalue weighted by Crippen LogP contribution is 2.62. The summed E-state index contributed by atoms with van der Waals surface area (Å²) >= 11 is 0. The molecule has 3 atom stereocenters. The molecule has 2 fully saturated rings. The van der Waals surface area contributed by atoms with Crippen LogP contribution in [-0.2, 0) is 4.79 Å². The van der Waals surface area contributed by atoms with Gasteiger partial charge in [0.15, 0.2) is 5.78 Å². The Balaban J connectivity index is 2.12. The van der Waals surface area contributed by atoms with Gasteiger partial charge in [-0.3, -0.25) is 4.79 Å². The van der Waals surface area contributed by atoms with Crippen LogP contribution in [0.25, 0.3) is 0 Å². The summed E-state index contributed by atoms with van der Waals surface area (Å²) in [4.78, 5) is 12.6. The van der Waals surface area contributed by atoms with E-state index in [0.717, 1.165) is 31.3 Å². The number of carbonyl (C=O) groups is 1. The first-order chi connectivity index (χ1) is 10.7. The van der Waals surface area contributed by atoms with Crippen molar-refractivity contribution in [2.45, 2.75) is 65.4 Å². The molecule has 3 aliphatic carbocycles. The van der Waals surface area contributed by atoms with Gasteiger partial charge in [-0.05, 0) is 60.7 Å². The molecule has 23 heavy (non-hydrogen) atoms. The minimum atomic E-state index is -1.06. The van der Waals surface area contributed by atoms with Gasteiger partial charge in [-0.1, -0.05) is 34.1 Å². The minimum Gasteiger partial charge on any atom is -0.395 e. The van der Waals surface area contributed by atoms with E-state index in [2.05, 4.69) is 13.8 Å². The SMILES string of the molecule is CC(C)C1=C[C@@]2(O)CC[C@H]3C(C)(C)CCC[C@]3(CO)C2=CC1=O. The van der Waals surface area contributed by atoms with E-state index in [1.807, 2.05) is 13.8 Å². The highest BCUT2D eigenvalue weighted by molar-refractivity contribution is 6.06. The Bertz CT molecular complexity index is 584. The molecule has 0 amide bonds. The molecule has 2 N–H and O–H groups in total. The predicted molar refractivity (Wildman–Crippen MR) is 90.8 cm³/mol. The number of allylic oxidation sites excluding steroid dienone is 2. The molecule has 0 unspecified atom stereocenters. The molecule has 3 heteroatoms. The van der Waals surface area contributed by atoms with E-state index in [0.29, 0.717) is 17.9 Å². The lowest BCUT2D eigenvalue weighted by atomic mass is 9.46. The molecule has 0 saturated heterocycles. The summed E-state index contributed by atoms with van der Waals surface area (Å²) in [6, 6.07) is 0. The molecule has 0 aromatic heterocycles. The fourth-order valence-electron chi connectivity index (χ4n) is 5.56. The Morgan fingerprint density at radius 1 is 1.26 bits per heavy atom. The van der Waals surface area contributed by atoms with Crippen LogP contribution in [0.1, 0.15) is 59.8 Å². The van der Waals surface area contributed by atoms with Gasteiger partial charge in [0.05, 0.1) is 6.61 Å². The van der Waals surface area contributed by atoms with Crippen LogP contribution in [0.4, 0.5) is 0 Å². The Kier molecular flexibility index (Phi) is 3.89. The Morgan fingerprint density at radius 2 is 1.96 bits per heavy atom. The van der Waals surface area contributed by atoms with Gasteiger partial charge in [0.25, 0.3) is 0 Å². The first-order valence-electron chi connectivity index (χ1n) is 8.99. The maximum atomic E-state index is 12.6. The van der Waals surface area contributed by atoms with Crippen molar-refractivity contribution in [3.8, 4) is 0 Å². The Labute approximate surface area is 139 Å². The molecule has 2 saturated carbocycles. The van der Waals surface area contributed by atoms with Crippen molar-refractivity contribution >= 4 is 5.78 Å². The summed E-state index contributed by atoms with van der Waals surface area (Å²) in [5.74, 6) is 0.438. The third-order valence-electron chi connectivity index (χ3n) is 6.73. The number of carbonyl (C=O) groups excluding carboxylic acids is 1. The van der Waals surface area contributed by atoms with Crippen molar-refractivity contribution in [1.29, 1.82) is 0 Å². The number of hydrogen-bond donors (Lipinski definition) is 2. The second-order valence-corrected chi connectivity index (χ2v) is 8.85. The van der Waals surface area contributed by atoms with Gasteiger partial charge in [0, 0.05) is 11.0 Å². The molecule has 0 spiro atoms. The second kappa shape index (κ2) is 5.29. The van der Waals surface area contributed by atoms with Gasteiger partial charge in [0.1, 0.15) is 5.60 Å². The summed E-state index contributed by atoms with van der Waals surface area (Å²) in [5.41, 5.74) is 0.126. The Morgan fingerprint density at radius 3 is 2.57 bits per heavy atom. The van der Waals surface area contributed by atoms with Gasteiger partial charge < -0.3 is 10.2 Å². The van der Waals surface area contributed by atoms with Crippen LogP contribution in [0.3, 0.4) is 0 Å². The van der Waals surface area contributed by atoms with Crippen molar-refractivity contribution < 1.29 is 15.0 Å². The predicted octanol–water partition coefficient (Wildman–Crippen LogP) is 3.41. The molecule has 0 radical (unpaired) electrons. The maximum Gasteiger partial charge on any atom is 0.181 e. The molecular weight excluding hydrogens is 288 g/mol. The third kappa shape index (κ3) is 2.35. The largest absolute Gasteiger partial charge is 0.395 e. The van der Waals surface area contributed by atoms with E-state index in [9.17, 15) is 15.0 Å².